The van der Waals surface area contributed by atoms with Crippen LogP contribution in [0.5, 0.6) is 0 Å². The number of nitrogens with one attached hydrogen (secondary N) is 1. The molecule has 2 aromatic rings. The van der Waals surface area contributed by atoms with Crippen LogP contribution in [0.2, 0.25) is 0 Å². The highest BCUT2D eigenvalue weighted by molar-refractivity contribution is 7.99. The van der Waals surface area contributed by atoms with Crippen molar-refractivity contribution in [2.45, 2.75) is 29.9 Å². The number of carbonyl (C=O) groups is 1. The topological polar surface area (TPSA) is 44.8 Å². The van der Waals surface area contributed by atoms with E-state index in [0.29, 0.717) is 28.1 Å². The van der Waals surface area contributed by atoms with E-state index in [1.165, 1.54) is 6.42 Å². The van der Waals surface area contributed by atoms with Gasteiger partial charge in [-0.1, -0.05) is 23.9 Å². The maximum Gasteiger partial charge on any atom is 0.288 e. The monoisotopic (exact) mass is 475 g/mol. The van der Waals surface area contributed by atoms with Crippen LogP contribution in [0.1, 0.15) is 29.6 Å². The molecular formula is C25H31F2N3O2S. The van der Waals surface area contributed by atoms with Gasteiger partial charge >= 0.3 is 0 Å². The van der Waals surface area contributed by atoms with Gasteiger partial charge in [0.1, 0.15) is 0 Å². The van der Waals surface area contributed by atoms with E-state index in [1.807, 2.05) is 29.2 Å². The molecule has 0 unspecified atom stereocenters. The minimum absolute atomic E-state index is 0.0367. The van der Waals surface area contributed by atoms with Crippen LogP contribution >= 0.6 is 11.8 Å². The summed E-state index contributed by atoms with van der Waals surface area (Å²) in [5, 5.41) is 3.28. The van der Waals surface area contributed by atoms with E-state index in [2.05, 4.69) is 10.2 Å². The second-order valence-corrected chi connectivity index (χ2v) is 9.62. The second-order valence-electron chi connectivity index (χ2n) is 8.55. The van der Waals surface area contributed by atoms with E-state index >= 15 is 0 Å². The molecule has 0 atom stereocenters. The number of anilines is 2. The van der Waals surface area contributed by atoms with Crippen LogP contribution in [-0.2, 0) is 4.74 Å². The predicted molar refractivity (Wildman–Crippen MR) is 129 cm³/mol. The van der Waals surface area contributed by atoms with Crippen LogP contribution in [0.4, 0.5) is 20.2 Å². The van der Waals surface area contributed by atoms with Gasteiger partial charge in [0, 0.05) is 36.8 Å². The van der Waals surface area contributed by atoms with Crippen LogP contribution in [0, 0.1) is 5.92 Å². The number of nitrogens with zero attached hydrogens (tertiary/aromatic N) is 2. The lowest BCUT2D eigenvalue weighted by atomic mass is 9.93. The Labute approximate surface area is 198 Å². The van der Waals surface area contributed by atoms with Gasteiger partial charge in [-0.2, -0.15) is 8.78 Å². The van der Waals surface area contributed by atoms with E-state index in [4.69, 9.17) is 4.74 Å². The summed E-state index contributed by atoms with van der Waals surface area (Å²) < 4.78 is 30.5. The fourth-order valence-corrected chi connectivity index (χ4v) is 4.94. The standard InChI is InChI=1S/C25H31F2N3O2S/c26-25(27)33-21-7-5-20(6-8-21)28-23-4-2-1-3-22(23)24(31)30-13-10-19(11-14-30)9-12-29-15-17-32-18-16-29/h1-8,19,25,28H,9-18H2. The Morgan fingerprint density at radius 3 is 2.42 bits per heavy atom. The first-order chi connectivity index (χ1) is 16.1. The number of piperidine rings is 1. The molecule has 2 heterocycles. The van der Waals surface area contributed by atoms with Crippen molar-refractivity contribution in [2.24, 2.45) is 5.92 Å². The third kappa shape index (κ3) is 6.91. The lowest BCUT2D eigenvalue weighted by molar-refractivity contribution is 0.0332. The largest absolute Gasteiger partial charge is 0.379 e. The number of hydrogen-bond acceptors (Lipinski definition) is 5. The van der Waals surface area contributed by atoms with Crippen molar-refractivity contribution in [1.29, 1.82) is 0 Å². The van der Waals surface area contributed by atoms with Gasteiger partial charge in [-0.25, -0.2) is 0 Å². The van der Waals surface area contributed by atoms with Crippen LogP contribution in [0.3, 0.4) is 0 Å². The van der Waals surface area contributed by atoms with Crippen LogP contribution in [-0.4, -0.2) is 67.4 Å². The number of amides is 1. The SMILES string of the molecule is O=C(c1ccccc1Nc1ccc(SC(F)F)cc1)N1CCC(CCN2CCOCC2)CC1. The molecule has 2 saturated heterocycles. The van der Waals surface area contributed by atoms with Gasteiger partial charge in [-0.3, -0.25) is 9.69 Å². The summed E-state index contributed by atoms with van der Waals surface area (Å²) in [5.74, 6) is -1.74. The maximum atomic E-state index is 13.3. The van der Waals surface area contributed by atoms with E-state index in [9.17, 15) is 13.6 Å². The fourth-order valence-electron chi connectivity index (χ4n) is 4.44. The molecule has 2 fully saturated rings. The van der Waals surface area contributed by atoms with Crippen molar-refractivity contribution in [1.82, 2.24) is 9.80 Å². The highest BCUT2D eigenvalue weighted by Gasteiger charge is 2.25. The molecule has 0 aromatic heterocycles. The molecule has 5 nitrogen and oxygen atoms in total. The zero-order valence-corrected chi connectivity index (χ0v) is 19.5. The number of morpholine rings is 1. The van der Waals surface area contributed by atoms with Gasteiger partial charge in [0.2, 0.25) is 0 Å². The highest BCUT2D eigenvalue weighted by atomic mass is 32.2. The summed E-state index contributed by atoms with van der Waals surface area (Å²) >= 11 is 0.522. The Morgan fingerprint density at radius 1 is 1.03 bits per heavy atom. The molecule has 8 heteroatoms. The van der Waals surface area contributed by atoms with E-state index in [1.54, 1.807) is 24.3 Å². The van der Waals surface area contributed by atoms with Gasteiger partial charge in [0.05, 0.1) is 24.5 Å². The maximum absolute atomic E-state index is 13.3. The van der Waals surface area contributed by atoms with E-state index in [0.717, 1.165) is 70.2 Å². The van der Waals surface area contributed by atoms with Gasteiger partial charge in [0.15, 0.2) is 0 Å². The van der Waals surface area contributed by atoms with Crippen LogP contribution in [0.15, 0.2) is 53.4 Å². The summed E-state index contributed by atoms with van der Waals surface area (Å²) in [4.78, 5) is 18.2. The van der Waals surface area contributed by atoms with Crippen LogP contribution in [0.25, 0.3) is 0 Å². The quantitative estimate of drug-likeness (QED) is 0.524. The molecule has 2 aliphatic heterocycles. The first kappa shape index (κ1) is 24.0. The number of rotatable bonds is 8. The Morgan fingerprint density at radius 2 is 1.73 bits per heavy atom. The summed E-state index contributed by atoms with van der Waals surface area (Å²) in [6.07, 6.45) is 3.25. The summed E-state index contributed by atoms with van der Waals surface area (Å²) in [7, 11) is 0. The zero-order valence-electron chi connectivity index (χ0n) is 18.7. The minimum Gasteiger partial charge on any atom is -0.379 e. The van der Waals surface area contributed by atoms with Crippen molar-refractivity contribution in [3.8, 4) is 0 Å². The summed E-state index contributed by atoms with van der Waals surface area (Å²) in [5.41, 5.74) is 2.12. The second kappa shape index (κ2) is 11.8. The molecule has 2 aliphatic rings. The number of halogens is 2. The number of likely N-dealkylation sites (tertiary alicyclic amines) is 1. The Kier molecular flexibility index (Phi) is 8.58. The fraction of sp³-hybridized carbons (Fsp3) is 0.480. The lowest BCUT2D eigenvalue weighted by Gasteiger charge is -2.34. The molecule has 0 radical (unpaired) electrons. The van der Waals surface area contributed by atoms with E-state index < -0.39 is 5.76 Å². The minimum atomic E-state index is -2.44. The third-order valence-corrected chi connectivity index (χ3v) is 7.10. The Balaban J connectivity index is 1.31. The van der Waals surface area contributed by atoms with Crippen molar-refractivity contribution in [2.75, 3.05) is 51.3 Å². The van der Waals surface area contributed by atoms with Gasteiger partial charge < -0.3 is 15.0 Å². The average molecular weight is 476 g/mol. The number of hydrogen-bond donors (Lipinski definition) is 1. The average Bonchev–Trinajstić information content (AvgIpc) is 2.84. The highest BCUT2D eigenvalue weighted by Crippen LogP contribution is 2.29. The van der Waals surface area contributed by atoms with Crippen molar-refractivity contribution < 1.29 is 18.3 Å². The molecule has 0 saturated carbocycles. The molecule has 2 aromatic carbocycles. The molecule has 33 heavy (non-hydrogen) atoms. The van der Waals surface area contributed by atoms with Crippen molar-refractivity contribution in [3.63, 3.8) is 0 Å². The molecule has 4 rings (SSSR count). The molecular weight excluding hydrogens is 444 g/mol. The zero-order chi connectivity index (χ0) is 23.0. The van der Waals surface area contributed by atoms with Crippen LogP contribution < -0.4 is 5.32 Å². The van der Waals surface area contributed by atoms with Gasteiger partial charge in [-0.15, -0.1) is 0 Å². The molecule has 0 bridgehead atoms. The molecule has 178 valence electrons. The Hall–Kier alpha value is -2.16. The molecule has 1 N–H and O–H groups in total. The number of carbonyl (C=O) groups excluding carboxylic acids is 1. The van der Waals surface area contributed by atoms with Crippen molar-refractivity contribution in [3.05, 3.63) is 54.1 Å². The summed E-state index contributed by atoms with van der Waals surface area (Å²) in [6, 6.07) is 14.3. The normalized spacial score (nSPS) is 18.0. The number of ether oxygens (including phenoxy) is 1. The number of alkyl halides is 2. The number of thioether (sulfide) groups is 1. The Bertz CT molecular complexity index is 899. The molecule has 0 spiro atoms. The van der Waals surface area contributed by atoms with Gasteiger partial charge in [-0.05, 0) is 68.1 Å². The van der Waals surface area contributed by atoms with E-state index in [-0.39, 0.29) is 5.91 Å². The predicted octanol–water partition coefficient (Wildman–Crippen LogP) is 5.32. The summed E-state index contributed by atoms with van der Waals surface area (Å²) in [6.45, 7) is 6.38. The number of para-hydroxylation sites is 1. The first-order valence-electron chi connectivity index (χ1n) is 11.6. The molecule has 1 amide bonds. The third-order valence-electron chi connectivity index (χ3n) is 6.37. The smallest absolute Gasteiger partial charge is 0.288 e. The lowest BCUT2D eigenvalue weighted by Crippen LogP contribution is -2.41. The number of benzene rings is 2. The first-order valence-corrected chi connectivity index (χ1v) is 12.5. The molecule has 0 aliphatic carbocycles. The van der Waals surface area contributed by atoms with Crippen molar-refractivity contribution >= 4 is 29.0 Å². The van der Waals surface area contributed by atoms with Gasteiger partial charge in [0.25, 0.3) is 11.7 Å².